The summed E-state index contributed by atoms with van der Waals surface area (Å²) < 4.78 is 7.63. The molecule has 2 aromatic carbocycles. The number of aryl methyl sites for hydroxylation is 1. The Morgan fingerprint density at radius 2 is 1.81 bits per heavy atom. The van der Waals surface area contributed by atoms with E-state index in [0.29, 0.717) is 19.4 Å². The third-order valence-corrected chi connectivity index (χ3v) is 5.60. The maximum absolute atomic E-state index is 12.2. The average molecular weight is 497 g/mol. The van der Waals surface area contributed by atoms with Gasteiger partial charge in [0, 0.05) is 10.9 Å². The summed E-state index contributed by atoms with van der Waals surface area (Å²) in [6.45, 7) is 9.13. The molecule has 0 bridgehead atoms. The molecule has 0 aliphatic carbocycles. The van der Waals surface area contributed by atoms with Crippen molar-refractivity contribution in [2.45, 2.75) is 52.4 Å². The normalized spacial score (nSPS) is 11.3. The molecule has 0 aromatic heterocycles. The Hall–Kier alpha value is -1.33. The quantitative estimate of drug-likeness (QED) is 0.424. The molecule has 0 saturated heterocycles. The minimum absolute atomic E-state index is 0.0109. The summed E-state index contributed by atoms with van der Waals surface area (Å²) in [6, 6.07) is 12.2. The van der Waals surface area contributed by atoms with Gasteiger partial charge in [-0.25, -0.2) is 0 Å². The molecule has 0 unspecified atom stereocenters. The van der Waals surface area contributed by atoms with Crippen molar-refractivity contribution in [1.29, 1.82) is 0 Å². The SMILES string of the molecule is CCc1ccc(OCCCC(=O)Nc2ccc(C(C)(C)C)cc2Br)c(Br)c1. The molecule has 0 spiro atoms. The first-order valence-electron chi connectivity index (χ1n) is 9.22. The third kappa shape index (κ3) is 6.65. The maximum Gasteiger partial charge on any atom is 0.224 e. The molecule has 2 rings (SSSR count). The second-order valence-corrected chi connectivity index (χ2v) is 9.27. The highest BCUT2D eigenvalue weighted by atomic mass is 79.9. The number of benzene rings is 2. The minimum atomic E-state index is -0.0109. The lowest BCUT2D eigenvalue weighted by Gasteiger charge is -2.20. The molecule has 0 fully saturated rings. The van der Waals surface area contributed by atoms with Crippen LogP contribution in [0.3, 0.4) is 0 Å². The van der Waals surface area contributed by atoms with E-state index in [1.54, 1.807) is 0 Å². The third-order valence-electron chi connectivity index (χ3n) is 4.32. The van der Waals surface area contributed by atoms with Gasteiger partial charge >= 0.3 is 0 Å². The predicted octanol–water partition coefficient (Wildman–Crippen LogP) is 6.87. The van der Waals surface area contributed by atoms with Gasteiger partial charge in [0.1, 0.15) is 5.75 Å². The molecular weight excluding hydrogens is 470 g/mol. The van der Waals surface area contributed by atoms with Crippen molar-refractivity contribution in [1.82, 2.24) is 0 Å². The number of hydrogen-bond acceptors (Lipinski definition) is 2. The largest absolute Gasteiger partial charge is 0.492 e. The number of carbonyl (C=O) groups is 1. The lowest BCUT2D eigenvalue weighted by Crippen LogP contribution is -2.15. The Bertz CT molecular complexity index is 797. The number of anilines is 1. The number of ether oxygens (including phenoxy) is 1. The van der Waals surface area contributed by atoms with Gasteiger partial charge in [-0.3, -0.25) is 4.79 Å². The molecular formula is C22H27Br2NO2. The molecule has 0 radical (unpaired) electrons. The zero-order chi connectivity index (χ0) is 20.0. The van der Waals surface area contributed by atoms with E-state index in [4.69, 9.17) is 4.74 Å². The van der Waals surface area contributed by atoms with Gasteiger partial charge in [-0.1, -0.05) is 39.8 Å². The number of halogens is 2. The molecule has 1 amide bonds. The van der Waals surface area contributed by atoms with Crippen molar-refractivity contribution in [2.24, 2.45) is 0 Å². The van der Waals surface area contributed by atoms with Crippen LogP contribution < -0.4 is 10.1 Å². The molecule has 0 saturated carbocycles. The molecule has 1 N–H and O–H groups in total. The monoisotopic (exact) mass is 495 g/mol. The highest BCUT2D eigenvalue weighted by Gasteiger charge is 2.15. The molecule has 27 heavy (non-hydrogen) atoms. The molecule has 5 heteroatoms. The van der Waals surface area contributed by atoms with E-state index in [1.807, 2.05) is 12.1 Å². The lowest BCUT2D eigenvalue weighted by molar-refractivity contribution is -0.116. The Morgan fingerprint density at radius 3 is 2.41 bits per heavy atom. The summed E-state index contributed by atoms with van der Waals surface area (Å²) >= 11 is 7.09. The number of rotatable bonds is 7. The van der Waals surface area contributed by atoms with Crippen LogP contribution in [0.4, 0.5) is 5.69 Å². The van der Waals surface area contributed by atoms with Crippen LogP contribution in [0.1, 0.15) is 51.7 Å². The number of hydrogen-bond donors (Lipinski definition) is 1. The van der Waals surface area contributed by atoms with E-state index in [-0.39, 0.29) is 11.3 Å². The molecule has 146 valence electrons. The van der Waals surface area contributed by atoms with Crippen LogP contribution in [0, 0.1) is 0 Å². The van der Waals surface area contributed by atoms with Crippen molar-refractivity contribution in [3.8, 4) is 5.75 Å². The Balaban J connectivity index is 1.81. The van der Waals surface area contributed by atoms with Gasteiger partial charge in [0.2, 0.25) is 5.91 Å². The zero-order valence-corrected chi connectivity index (χ0v) is 19.5. The number of amides is 1. The minimum Gasteiger partial charge on any atom is -0.492 e. The fourth-order valence-corrected chi connectivity index (χ4v) is 3.61. The van der Waals surface area contributed by atoms with Gasteiger partial charge in [-0.05, 0) is 85.5 Å². The van der Waals surface area contributed by atoms with E-state index in [0.717, 1.165) is 26.8 Å². The smallest absolute Gasteiger partial charge is 0.224 e. The van der Waals surface area contributed by atoms with Gasteiger partial charge in [-0.15, -0.1) is 0 Å². The van der Waals surface area contributed by atoms with Crippen LogP contribution in [-0.4, -0.2) is 12.5 Å². The molecule has 0 heterocycles. The van der Waals surface area contributed by atoms with E-state index in [9.17, 15) is 4.79 Å². The van der Waals surface area contributed by atoms with Gasteiger partial charge in [0.05, 0.1) is 16.8 Å². The highest BCUT2D eigenvalue weighted by Crippen LogP contribution is 2.30. The van der Waals surface area contributed by atoms with Crippen molar-refractivity contribution < 1.29 is 9.53 Å². The average Bonchev–Trinajstić information content (AvgIpc) is 2.60. The molecule has 2 aromatic rings. The van der Waals surface area contributed by atoms with Crippen LogP contribution >= 0.6 is 31.9 Å². The van der Waals surface area contributed by atoms with Crippen molar-refractivity contribution in [3.05, 3.63) is 56.5 Å². The van der Waals surface area contributed by atoms with Crippen LogP contribution in [-0.2, 0) is 16.6 Å². The molecule has 0 aliphatic rings. The fourth-order valence-electron chi connectivity index (χ4n) is 2.59. The maximum atomic E-state index is 12.2. The second-order valence-electron chi connectivity index (χ2n) is 7.56. The zero-order valence-electron chi connectivity index (χ0n) is 16.4. The van der Waals surface area contributed by atoms with Crippen LogP contribution in [0.15, 0.2) is 45.3 Å². The van der Waals surface area contributed by atoms with Crippen molar-refractivity contribution >= 4 is 43.5 Å². The van der Waals surface area contributed by atoms with E-state index >= 15 is 0 Å². The summed E-state index contributed by atoms with van der Waals surface area (Å²) in [6.07, 6.45) is 2.06. The van der Waals surface area contributed by atoms with Crippen LogP contribution in [0.5, 0.6) is 5.75 Å². The number of carbonyl (C=O) groups excluding carboxylic acids is 1. The Labute approximate surface area is 179 Å². The molecule has 0 aliphatic heterocycles. The summed E-state index contributed by atoms with van der Waals surface area (Å²) in [7, 11) is 0. The van der Waals surface area contributed by atoms with Gasteiger partial charge in [0.15, 0.2) is 0 Å². The first kappa shape index (κ1) is 22.0. The van der Waals surface area contributed by atoms with Crippen molar-refractivity contribution in [2.75, 3.05) is 11.9 Å². The van der Waals surface area contributed by atoms with Gasteiger partial charge in [0.25, 0.3) is 0 Å². The topological polar surface area (TPSA) is 38.3 Å². The van der Waals surface area contributed by atoms with Crippen molar-refractivity contribution in [3.63, 3.8) is 0 Å². The summed E-state index contributed by atoms with van der Waals surface area (Å²) in [5, 5.41) is 2.96. The van der Waals surface area contributed by atoms with Crippen LogP contribution in [0.2, 0.25) is 0 Å². The van der Waals surface area contributed by atoms with Gasteiger partial charge < -0.3 is 10.1 Å². The van der Waals surface area contributed by atoms with Gasteiger partial charge in [-0.2, -0.15) is 0 Å². The van der Waals surface area contributed by atoms with E-state index < -0.39 is 0 Å². The summed E-state index contributed by atoms with van der Waals surface area (Å²) in [5.74, 6) is 0.802. The Morgan fingerprint density at radius 1 is 1.07 bits per heavy atom. The van der Waals surface area contributed by atoms with Crippen LogP contribution in [0.25, 0.3) is 0 Å². The molecule has 3 nitrogen and oxygen atoms in total. The highest BCUT2D eigenvalue weighted by molar-refractivity contribution is 9.11. The number of nitrogens with one attached hydrogen (secondary N) is 1. The molecule has 0 atom stereocenters. The fraction of sp³-hybridized carbons (Fsp3) is 0.409. The Kier molecular flexibility index (Phi) is 7.92. The van der Waals surface area contributed by atoms with E-state index in [1.165, 1.54) is 11.1 Å². The second kappa shape index (κ2) is 9.74. The predicted molar refractivity (Wildman–Crippen MR) is 120 cm³/mol. The first-order valence-corrected chi connectivity index (χ1v) is 10.8. The van der Waals surface area contributed by atoms with E-state index in [2.05, 4.69) is 89.1 Å². The first-order chi connectivity index (χ1) is 12.7. The summed E-state index contributed by atoms with van der Waals surface area (Å²) in [4.78, 5) is 12.2. The lowest BCUT2D eigenvalue weighted by atomic mass is 9.87. The summed E-state index contributed by atoms with van der Waals surface area (Å²) in [5.41, 5.74) is 3.36. The standard InChI is InChI=1S/C22H27Br2NO2/c1-5-15-8-11-20(18(24)13-15)27-12-6-7-21(26)25-19-10-9-16(14-17(19)23)22(2,3)4/h8-11,13-14H,5-7,12H2,1-4H3,(H,25,26).